The highest BCUT2D eigenvalue weighted by Gasteiger charge is 2.34. The van der Waals surface area contributed by atoms with E-state index in [1.165, 1.54) is 18.5 Å². The van der Waals surface area contributed by atoms with Gasteiger partial charge in [-0.1, -0.05) is 18.5 Å². The second-order valence-corrected chi connectivity index (χ2v) is 7.37. The van der Waals surface area contributed by atoms with Crippen LogP contribution in [0.15, 0.2) is 23.4 Å². The van der Waals surface area contributed by atoms with Crippen molar-refractivity contribution in [2.75, 3.05) is 26.7 Å². The highest BCUT2D eigenvalue weighted by molar-refractivity contribution is 7.89. The van der Waals surface area contributed by atoms with Gasteiger partial charge in [0.05, 0.1) is 5.02 Å². The smallest absolute Gasteiger partial charge is 0.246 e. The molecule has 1 aromatic heterocycles. The average molecular weight is 318 g/mol. The topological polar surface area (TPSA) is 53.5 Å². The van der Waals surface area contributed by atoms with Gasteiger partial charge < -0.3 is 4.90 Å². The summed E-state index contributed by atoms with van der Waals surface area (Å²) in [5, 5.41) is 0.229. The van der Waals surface area contributed by atoms with E-state index in [0.717, 1.165) is 25.9 Å². The molecule has 0 aromatic carbocycles. The molecular formula is C13H20ClN3O2S. The third kappa shape index (κ3) is 3.14. The van der Waals surface area contributed by atoms with E-state index in [-0.39, 0.29) is 16.0 Å². The van der Waals surface area contributed by atoms with Crippen LogP contribution in [0.2, 0.25) is 5.02 Å². The molecule has 0 aliphatic carbocycles. The molecule has 5 nitrogen and oxygen atoms in total. The zero-order valence-electron chi connectivity index (χ0n) is 11.8. The van der Waals surface area contributed by atoms with Crippen LogP contribution < -0.4 is 0 Å². The first-order valence-electron chi connectivity index (χ1n) is 6.76. The fourth-order valence-corrected chi connectivity index (χ4v) is 4.69. The van der Waals surface area contributed by atoms with Crippen molar-refractivity contribution in [2.24, 2.45) is 0 Å². The van der Waals surface area contributed by atoms with E-state index in [4.69, 9.17) is 11.6 Å². The van der Waals surface area contributed by atoms with Crippen LogP contribution in [0.25, 0.3) is 0 Å². The molecule has 2 heterocycles. The van der Waals surface area contributed by atoms with Crippen LogP contribution >= 0.6 is 11.6 Å². The SMILES string of the molecule is CCC1CN(C)CCCN1S(=O)(=O)c1cnccc1Cl. The van der Waals surface area contributed by atoms with Gasteiger partial charge in [-0.25, -0.2) is 8.42 Å². The molecule has 0 spiro atoms. The quantitative estimate of drug-likeness (QED) is 0.853. The average Bonchev–Trinajstić information content (AvgIpc) is 2.60. The van der Waals surface area contributed by atoms with Gasteiger partial charge in [-0.2, -0.15) is 4.31 Å². The molecule has 0 N–H and O–H groups in total. The van der Waals surface area contributed by atoms with Crippen LogP contribution in [0, 0.1) is 0 Å². The predicted molar refractivity (Wildman–Crippen MR) is 79.3 cm³/mol. The number of aromatic nitrogens is 1. The van der Waals surface area contributed by atoms with Crippen LogP contribution in [0.3, 0.4) is 0 Å². The van der Waals surface area contributed by atoms with Crippen molar-refractivity contribution in [1.82, 2.24) is 14.2 Å². The van der Waals surface area contributed by atoms with Crippen LogP contribution in [0.1, 0.15) is 19.8 Å². The predicted octanol–water partition coefficient (Wildman–Crippen LogP) is 1.84. The molecule has 1 atom stereocenters. The Bertz CT molecular complexity index is 564. The Labute approximate surface area is 125 Å². The number of hydrogen-bond acceptors (Lipinski definition) is 4. The molecule has 1 aliphatic heterocycles. The van der Waals surface area contributed by atoms with Gasteiger partial charge in [-0.15, -0.1) is 0 Å². The minimum absolute atomic E-state index is 0.0243. The van der Waals surface area contributed by atoms with Crippen LogP contribution in [-0.4, -0.2) is 55.3 Å². The van der Waals surface area contributed by atoms with Gasteiger partial charge in [0.25, 0.3) is 0 Å². The second-order valence-electron chi connectivity index (χ2n) is 5.10. The molecule has 1 aromatic rings. The Hall–Kier alpha value is -0.690. The summed E-state index contributed by atoms with van der Waals surface area (Å²) in [5.41, 5.74) is 0. The zero-order chi connectivity index (χ0) is 14.8. The van der Waals surface area contributed by atoms with Crippen LogP contribution in [-0.2, 0) is 10.0 Å². The first kappa shape index (κ1) is 15.7. The first-order valence-corrected chi connectivity index (χ1v) is 8.58. The van der Waals surface area contributed by atoms with Crippen molar-refractivity contribution in [2.45, 2.75) is 30.7 Å². The molecule has 2 rings (SSSR count). The number of likely N-dealkylation sites (N-methyl/N-ethyl adjacent to an activating group) is 1. The normalized spacial score (nSPS) is 22.6. The lowest BCUT2D eigenvalue weighted by molar-refractivity contribution is 0.270. The summed E-state index contributed by atoms with van der Waals surface area (Å²) in [7, 11) is -1.56. The second kappa shape index (κ2) is 6.39. The van der Waals surface area contributed by atoms with Gasteiger partial charge >= 0.3 is 0 Å². The molecule has 1 aliphatic rings. The lowest BCUT2D eigenvalue weighted by atomic mass is 10.2. The van der Waals surface area contributed by atoms with Crippen molar-refractivity contribution in [3.8, 4) is 0 Å². The van der Waals surface area contributed by atoms with Crippen LogP contribution in [0.5, 0.6) is 0 Å². The lowest BCUT2D eigenvalue weighted by Crippen LogP contribution is -2.43. The summed E-state index contributed by atoms with van der Waals surface area (Å²) in [6.07, 6.45) is 4.43. The minimum atomic E-state index is -3.59. The minimum Gasteiger partial charge on any atom is -0.305 e. The molecule has 7 heteroatoms. The van der Waals surface area contributed by atoms with Gasteiger partial charge in [0.15, 0.2) is 0 Å². The fraction of sp³-hybridized carbons (Fsp3) is 0.615. The summed E-state index contributed by atoms with van der Waals surface area (Å²) in [6, 6.07) is 1.49. The standard InChI is InChI=1S/C13H20ClN3O2S/c1-3-11-10-16(2)7-4-8-17(11)20(18,19)13-9-15-6-5-12(13)14/h5-6,9,11H,3-4,7-8,10H2,1-2H3. The van der Waals surface area contributed by atoms with Gasteiger partial charge in [0.2, 0.25) is 10.0 Å². The lowest BCUT2D eigenvalue weighted by Gasteiger charge is -2.29. The number of pyridine rings is 1. The number of nitrogens with zero attached hydrogens (tertiary/aromatic N) is 3. The van der Waals surface area contributed by atoms with Crippen molar-refractivity contribution in [3.05, 3.63) is 23.5 Å². The van der Waals surface area contributed by atoms with E-state index >= 15 is 0 Å². The Morgan fingerprint density at radius 1 is 1.45 bits per heavy atom. The maximum absolute atomic E-state index is 12.8. The Balaban J connectivity index is 2.39. The highest BCUT2D eigenvalue weighted by atomic mass is 35.5. The molecule has 20 heavy (non-hydrogen) atoms. The fourth-order valence-electron chi connectivity index (χ4n) is 2.55. The summed E-state index contributed by atoms with van der Waals surface area (Å²) < 4.78 is 27.2. The molecule has 0 amide bonds. The monoisotopic (exact) mass is 317 g/mol. The van der Waals surface area contributed by atoms with E-state index in [9.17, 15) is 8.42 Å². The van der Waals surface area contributed by atoms with E-state index < -0.39 is 10.0 Å². The molecule has 1 saturated heterocycles. The van der Waals surface area contributed by atoms with E-state index in [0.29, 0.717) is 6.54 Å². The Kier molecular flexibility index (Phi) is 5.01. The number of sulfonamides is 1. The van der Waals surface area contributed by atoms with Gasteiger partial charge in [0.1, 0.15) is 4.90 Å². The van der Waals surface area contributed by atoms with E-state index in [1.807, 2.05) is 14.0 Å². The van der Waals surface area contributed by atoms with Crippen LogP contribution in [0.4, 0.5) is 0 Å². The third-order valence-electron chi connectivity index (χ3n) is 3.64. The summed E-state index contributed by atoms with van der Waals surface area (Å²) >= 11 is 6.03. The third-order valence-corrected chi connectivity index (χ3v) is 6.06. The van der Waals surface area contributed by atoms with Gasteiger partial charge in [0, 0.05) is 31.5 Å². The molecule has 0 saturated carbocycles. The molecular weight excluding hydrogens is 298 g/mol. The van der Waals surface area contributed by atoms with Crippen molar-refractivity contribution in [3.63, 3.8) is 0 Å². The number of rotatable bonds is 3. The maximum atomic E-state index is 12.8. The van der Waals surface area contributed by atoms with Gasteiger partial charge in [-0.3, -0.25) is 4.98 Å². The van der Waals surface area contributed by atoms with Crippen molar-refractivity contribution in [1.29, 1.82) is 0 Å². The van der Waals surface area contributed by atoms with Crippen molar-refractivity contribution < 1.29 is 8.42 Å². The number of halogens is 1. The summed E-state index contributed by atoms with van der Waals surface area (Å²) in [4.78, 5) is 6.17. The summed E-state index contributed by atoms with van der Waals surface area (Å²) in [6.45, 7) is 4.19. The molecule has 0 radical (unpaired) electrons. The van der Waals surface area contributed by atoms with Gasteiger partial charge in [-0.05, 0) is 32.5 Å². The molecule has 0 bridgehead atoms. The molecule has 1 fully saturated rings. The zero-order valence-corrected chi connectivity index (χ0v) is 13.4. The Morgan fingerprint density at radius 3 is 2.85 bits per heavy atom. The number of hydrogen-bond donors (Lipinski definition) is 0. The summed E-state index contributed by atoms with van der Waals surface area (Å²) in [5.74, 6) is 0. The maximum Gasteiger partial charge on any atom is 0.246 e. The molecule has 1 unspecified atom stereocenters. The highest BCUT2D eigenvalue weighted by Crippen LogP contribution is 2.27. The van der Waals surface area contributed by atoms with E-state index in [2.05, 4.69) is 9.88 Å². The largest absolute Gasteiger partial charge is 0.305 e. The Morgan fingerprint density at radius 2 is 2.20 bits per heavy atom. The molecule has 112 valence electrons. The van der Waals surface area contributed by atoms with E-state index in [1.54, 1.807) is 4.31 Å². The first-order chi connectivity index (χ1) is 9.46. The van der Waals surface area contributed by atoms with Crippen molar-refractivity contribution >= 4 is 21.6 Å².